The number of hydrogen-bond acceptors (Lipinski definition) is 4. The Morgan fingerprint density at radius 2 is 1.78 bits per heavy atom. The van der Waals surface area contributed by atoms with E-state index in [1.807, 2.05) is 54.1 Å². The van der Waals surface area contributed by atoms with Crippen molar-refractivity contribution >= 4 is 17.7 Å². The fraction of sp³-hybridized carbons (Fsp3) is 0.357. The van der Waals surface area contributed by atoms with Crippen molar-refractivity contribution < 1.29 is 14.4 Å². The second-order valence-corrected chi connectivity index (χ2v) is 9.51. The van der Waals surface area contributed by atoms with E-state index in [2.05, 4.69) is 17.4 Å². The van der Waals surface area contributed by atoms with Gasteiger partial charge in [0.1, 0.15) is 0 Å². The van der Waals surface area contributed by atoms with Gasteiger partial charge in [0.05, 0.1) is 13.1 Å². The lowest BCUT2D eigenvalue weighted by atomic mass is 10.0. The molecule has 8 heteroatoms. The van der Waals surface area contributed by atoms with E-state index in [1.54, 1.807) is 9.80 Å². The Hall–Kier alpha value is -3.94. The van der Waals surface area contributed by atoms with E-state index in [1.165, 1.54) is 5.56 Å². The van der Waals surface area contributed by atoms with Crippen molar-refractivity contribution in [1.82, 2.24) is 24.9 Å². The minimum absolute atomic E-state index is 0.0282. The molecule has 3 heterocycles. The van der Waals surface area contributed by atoms with Crippen LogP contribution < -0.4 is 5.32 Å². The highest BCUT2D eigenvalue weighted by molar-refractivity contribution is 5.98. The maximum Gasteiger partial charge on any atom is 0.275 e. The zero-order valence-electron chi connectivity index (χ0n) is 20.6. The molecule has 0 spiro atoms. The van der Waals surface area contributed by atoms with Gasteiger partial charge in [0, 0.05) is 49.4 Å². The van der Waals surface area contributed by atoms with E-state index < -0.39 is 0 Å². The Labute approximate surface area is 210 Å². The van der Waals surface area contributed by atoms with Crippen LogP contribution in [0.15, 0.2) is 54.6 Å². The van der Waals surface area contributed by atoms with E-state index in [4.69, 9.17) is 5.10 Å². The van der Waals surface area contributed by atoms with Gasteiger partial charge >= 0.3 is 0 Å². The zero-order chi connectivity index (χ0) is 25.1. The number of rotatable bonds is 6. The summed E-state index contributed by atoms with van der Waals surface area (Å²) in [5.74, 6) is -0.452. The van der Waals surface area contributed by atoms with Crippen LogP contribution in [0.25, 0.3) is 0 Å². The number of aryl methyl sites for hydroxylation is 3. The maximum absolute atomic E-state index is 13.5. The third-order valence-corrected chi connectivity index (χ3v) is 6.89. The number of fused-ring (bicyclic) bond motifs is 1. The molecule has 0 atom stereocenters. The highest BCUT2D eigenvalue weighted by Crippen LogP contribution is 2.26. The molecule has 3 amide bonds. The standard InChI is InChI=1S/C28H31N5O3/c1-20-7-5-11-22(17-20)27(35)31-15-12-24-23(18-31)26(28(36)32-16-13-29-25(34)19-32)30-33(24)14-6-10-21-8-3-2-4-9-21/h2-5,7-9,11,17H,6,10,12-16,18-19H2,1H3,(H,29,34). The number of benzene rings is 2. The normalized spacial score (nSPS) is 15.4. The summed E-state index contributed by atoms with van der Waals surface area (Å²) in [7, 11) is 0. The first-order chi connectivity index (χ1) is 17.5. The van der Waals surface area contributed by atoms with Gasteiger partial charge in [-0.15, -0.1) is 0 Å². The van der Waals surface area contributed by atoms with Gasteiger partial charge in [-0.2, -0.15) is 5.10 Å². The molecular formula is C28H31N5O3. The third kappa shape index (κ3) is 5.03. The smallest absolute Gasteiger partial charge is 0.275 e. The molecule has 3 aromatic rings. The quantitative estimate of drug-likeness (QED) is 0.582. The van der Waals surface area contributed by atoms with Crippen LogP contribution in [0.4, 0.5) is 0 Å². The maximum atomic E-state index is 13.5. The number of amides is 3. The van der Waals surface area contributed by atoms with Crippen LogP contribution >= 0.6 is 0 Å². The van der Waals surface area contributed by atoms with Gasteiger partial charge in [0.15, 0.2) is 5.69 Å². The average Bonchev–Trinajstić information content (AvgIpc) is 3.26. The molecule has 2 aromatic carbocycles. The van der Waals surface area contributed by atoms with Gasteiger partial charge in [-0.25, -0.2) is 0 Å². The molecule has 0 aliphatic carbocycles. The van der Waals surface area contributed by atoms with Gasteiger partial charge in [0.25, 0.3) is 11.8 Å². The number of nitrogens with zero attached hydrogens (tertiary/aromatic N) is 4. The second-order valence-electron chi connectivity index (χ2n) is 9.51. The zero-order valence-corrected chi connectivity index (χ0v) is 20.6. The lowest BCUT2D eigenvalue weighted by molar-refractivity contribution is -0.123. The average molecular weight is 486 g/mol. The minimum atomic E-state index is -0.243. The Kier molecular flexibility index (Phi) is 6.84. The number of piperazine rings is 1. The minimum Gasteiger partial charge on any atom is -0.353 e. The van der Waals surface area contributed by atoms with E-state index in [0.717, 1.165) is 29.7 Å². The Bertz CT molecular complexity index is 1280. The van der Waals surface area contributed by atoms with Crippen LogP contribution in [0.2, 0.25) is 0 Å². The molecule has 0 saturated carbocycles. The second kappa shape index (κ2) is 10.4. The highest BCUT2D eigenvalue weighted by Gasteiger charge is 2.33. The van der Waals surface area contributed by atoms with Gasteiger partial charge in [0.2, 0.25) is 5.91 Å². The molecule has 1 fully saturated rings. The summed E-state index contributed by atoms with van der Waals surface area (Å²) in [6, 6.07) is 17.9. The molecular weight excluding hydrogens is 454 g/mol. The number of nitrogens with one attached hydrogen (secondary N) is 1. The van der Waals surface area contributed by atoms with Crippen molar-refractivity contribution in [2.45, 2.75) is 39.3 Å². The number of aromatic nitrogens is 2. The van der Waals surface area contributed by atoms with Crippen LogP contribution in [-0.4, -0.2) is 63.5 Å². The summed E-state index contributed by atoms with van der Waals surface area (Å²) in [6.45, 7) is 4.48. The molecule has 8 nitrogen and oxygen atoms in total. The Balaban J connectivity index is 1.40. The van der Waals surface area contributed by atoms with Crippen LogP contribution in [0.1, 0.15) is 49.7 Å². The predicted octanol–water partition coefficient (Wildman–Crippen LogP) is 2.59. The fourth-order valence-electron chi connectivity index (χ4n) is 5.02. The molecule has 186 valence electrons. The van der Waals surface area contributed by atoms with Gasteiger partial charge in [-0.3, -0.25) is 19.1 Å². The molecule has 0 bridgehead atoms. The first kappa shape index (κ1) is 23.8. The predicted molar refractivity (Wildman–Crippen MR) is 136 cm³/mol. The summed E-state index contributed by atoms with van der Waals surface area (Å²) in [5.41, 5.74) is 5.13. The topological polar surface area (TPSA) is 87.5 Å². The van der Waals surface area contributed by atoms with Crippen molar-refractivity contribution in [3.8, 4) is 0 Å². The number of hydrogen-bond donors (Lipinski definition) is 1. The summed E-state index contributed by atoms with van der Waals surface area (Å²) in [4.78, 5) is 42.0. The lowest BCUT2D eigenvalue weighted by Crippen LogP contribution is -2.50. The van der Waals surface area contributed by atoms with E-state index >= 15 is 0 Å². The Morgan fingerprint density at radius 3 is 2.56 bits per heavy atom. The van der Waals surface area contributed by atoms with Crippen molar-refractivity contribution in [1.29, 1.82) is 0 Å². The van der Waals surface area contributed by atoms with Crippen molar-refractivity contribution in [3.63, 3.8) is 0 Å². The number of carbonyl (C=O) groups excluding carboxylic acids is 3. The van der Waals surface area contributed by atoms with Crippen LogP contribution in [0, 0.1) is 6.92 Å². The molecule has 36 heavy (non-hydrogen) atoms. The Morgan fingerprint density at radius 1 is 0.972 bits per heavy atom. The van der Waals surface area contributed by atoms with Gasteiger partial charge in [-0.1, -0.05) is 48.0 Å². The summed E-state index contributed by atoms with van der Waals surface area (Å²) in [6.07, 6.45) is 2.45. The molecule has 1 aromatic heterocycles. The molecule has 2 aliphatic heterocycles. The highest BCUT2D eigenvalue weighted by atomic mass is 16.2. The monoisotopic (exact) mass is 485 g/mol. The summed E-state index contributed by atoms with van der Waals surface area (Å²) < 4.78 is 1.95. The SMILES string of the molecule is Cc1cccc(C(=O)N2CCc3c(c(C(=O)N4CCNC(=O)C4)nn3CCCc3ccccc3)C2)c1. The van der Waals surface area contributed by atoms with E-state index in [9.17, 15) is 14.4 Å². The van der Waals surface area contributed by atoms with Crippen molar-refractivity contribution in [3.05, 3.63) is 88.2 Å². The molecule has 0 radical (unpaired) electrons. The lowest BCUT2D eigenvalue weighted by Gasteiger charge is -2.29. The first-order valence-corrected chi connectivity index (χ1v) is 12.5. The molecule has 1 N–H and O–H groups in total. The fourth-order valence-corrected chi connectivity index (χ4v) is 5.02. The third-order valence-electron chi connectivity index (χ3n) is 6.89. The number of carbonyl (C=O) groups is 3. The largest absolute Gasteiger partial charge is 0.353 e. The van der Waals surface area contributed by atoms with Crippen molar-refractivity contribution in [2.24, 2.45) is 0 Å². The van der Waals surface area contributed by atoms with Crippen LogP contribution in [-0.2, 0) is 30.7 Å². The van der Waals surface area contributed by atoms with E-state index in [0.29, 0.717) is 50.4 Å². The van der Waals surface area contributed by atoms with Gasteiger partial charge in [-0.05, 0) is 37.5 Å². The first-order valence-electron chi connectivity index (χ1n) is 12.5. The van der Waals surface area contributed by atoms with Crippen LogP contribution in [0.5, 0.6) is 0 Å². The molecule has 0 unspecified atom stereocenters. The molecule has 5 rings (SSSR count). The van der Waals surface area contributed by atoms with Crippen molar-refractivity contribution in [2.75, 3.05) is 26.2 Å². The summed E-state index contributed by atoms with van der Waals surface area (Å²) >= 11 is 0. The van der Waals surface area contributed by atoms with Gasteiger partial charge < -0.3 is 15.1 Å². The van der Waals surface area contributed by atoms with E-state index in [-0.39, 0.29) is 24.3 Å². The summed E-state index contributed by atoms with van der Waals surface area (Å²) in [5, 5.41) is 7.52. The molecule has 2 aliphatic rings. The van der Waals surface area contributed by atoms with Crippen LogP contribution in [0.3, 0.4) is 0 Å². The molecule has 1 saturated heterocycles.